The predicted octanol–water partition coefficient (Wildman–Crippen LogP) is 7.72. The molecule has 30 heavy (non-hydrogen) atoms. The average molecular weight is 417 g/mol. The van der Waals surface area contributed by atoms with Crippen molar-refractivity contribution in [2.45, 2.75) is 122 Å². The molecule has 0 atom stereocenters. The molecule has 0 amide bonds. The third-order valence-corrected chi connectivity index (χ3v) is 6.37. The van der Waals surface area contributed by atoms with Crippen molar-refractivity contribution in [3.8, 4) is 0 Å². The number of nitrogens with two attached hydrogens (primary N) is 1. The van der Waals surface area contributed by atoms with Crippen molar-refractivity contribution in [1.29, 1.82) is 0 Å². The molecule has 0 bridgehead atoms. The molecule has 0 aromatic heterocycles. The standard InChI is InChI=1S/C28H52N2/c1-27-21-17-18-23-28(27)22-16-14-12-10-8-6-4-2-3-5-7-9-11-13-15-19-25-30-26-20-24-29/h17-18,21,23,30H,2-16,19-20,22,24-26,29H2,1H3. The molecular weight excluding hydrogens is 364 g/mol. The Balaban J connectivity index is 1.70. The Morgan fingerprint density at radius 2 is 1.00 bits per heavy atom. The van der Waals surface area contributed by atoms with Crippen molar-refractivity contribution in [3.63, 3.8) is 0 Å². The first-order chi connectivity index (χ1) is 14.8. The van der Waals surface area contributed by atoms with Gasteiger partial charge in [0.05, 0.1) is 0 Å². The van der Waals surface area contributed by atoms with E-state index in [4.69, 9.17) is 5.73 Å². The zero-order valence-corrected chi connectivity index (χ0v) is 20.2. The maximum absolute atomic E-state index is 5.49. The quantitative estimate of drug-likeness (QED) is 0.190. The molecule has 0 unspecified atom stereocenters. The molecule has 0 saturated carbocycles. The maximum Gasteiger partial charge on any atom is -0.00369 e. The Morgan fingerprint density at radius 1 is 0.567 bits per heavy atom. The number of hydrogen-bond acceptors (Lipinski definition) is 2. The normalized spacial score (nSPS) is 11.3. The van der Waals surface area contributed by atoms with Gasteiger partial charge in [0.1, 0.15) is 0 Å². The van der Waals surface area contributed by atoms with Gasteiger partial charge in [-0.2, -0.15) is 0 Å². The van der Waals surface area contributed by atoms with Gasteiger partial charge in [0, 0.05) is 0 Å². The fourth-order valence-corrected chi connectivity index (χ4v) is 4.28. The second-order valence-electron chi connectivity index (χ2n) is 9.23. The van der Waals surface area contributed by atoms with Gasteiger partial charge >= 0.3 is 0 Å². The number of nitrogens with one attached hydrogen (secondary N) is 1. The fourth-order valence-electron chi connectivity index (χ4n) is 4.28. The van der Waals surface area contributed by atoms with Gasteiger partial charge in [-0.3, -0.25) is 0 Å². The van der Waals surface area contributed by atoms with Crippen molar-refractivity contribution in [1.82, 2.24) is 5.32 Å². The van der Waals surface area contributed by atoms with E-state index in [-0.39, 0.29) is 0 Å². The number of aryl methyl sites for hydroxylation is 2. The van der Waals surface area contributed by atoms with Crippen LogP contribution in [-0.2, 0) is 6.42 Å². The average Bonchev–Trinajstić information content (AvgIpc) is 2.76. The molecule has 3 N–H and O–H groups in total. The van der Waals surface area contributed by atoms with Crippen LogP contribution in [0.2, 0.25) is 0 Å². The molecule has 2 nitrogen and oxygen atoms in total. The summed E-state index contributed by atoms with van der Waals surface area (Å²) in [5.41, 5.74) is 8.49. The summed E-state index contributed by atoms with van der Waals surface area (Å²) >= 11 is 0. The largest absolute Gasteiger partial charge is 0.330 e. The molecule has 1 rings (SSSR count). The molecule has 0 aliphatic carbocycles. The van der Waals surface area contributed by atoms with E-state index < -0.39 is 0 Å². The highest BCUT2D eigenvalue weighted by molar-refractivity contribution is 5.25. The van der Waals surface area contributed by atoms with Crippen molar-refractivity contribution in [2.75, 3.05) is 19.6 Å². The van der Waals surface area contributed by atoms with Gasteiger partial charge in [0.25, 0.3) is 0 Å². The van der Waals surface area contributed by atoms with Crippen LogP contribution in [0.15, 0.2) is 24.3 Å². The Bertz CT molecular complexity index is 471. The van der Waals surface area contributed by atoms with Gasteiger partial charge in [-0.05, 0) is 63.4 Å². The maximum atomic E-state index is 5.49. The third-order valence-electron chi connectivity index (χ3n) is 6.37. The lowest BCUT2D eigenvalue weighted by Crippen LogP contribution is -2.19. The van der Waals surface area contributed by atoms with Crippen molar-refractivity contribution in [3.05, 3.63) is 35.4 Å². The van der Waals surface area contributed by atoms with Crippen molar-refractivity contribution < 1.29 is 0 Å². The molecule has 0 saturated heterocycles. The lowest BCUT2D eigenvalue weighted by Gasteiger charge is -2.06. The van der Waals surface area contributed by atoms with Crippen LogP contribution in [0.25, 0.3) is 0 Å². The minimum Gasteiger partial charge on any atom is -0.330 e. The minimum atomic E-state index is 0.808. The molecule has 0 fully saturated rings. The monoisotopic (exact) mass is 416 g/mol. The van der Waals surface area contributed by atoms with E-state index in [2.05, 4.69) is 36.5 Å². The summed E-state index contributed by atoms with van der Waals surface area (Å²) in [6.45, 7) is 5.31. The first-order valence-electron chi connectivity index (χ1n) is 13.3. The molecule has 1 aromatic carbocycles. The topological polar surface area (TPSA) is 38.0 Å². The van der Waals surface area contributed by atoms with Crippen LogP contribution >= 0.6 is 0 Å². The van der Waals surface area contributed by atoms with Crippen molar-refractivity contribution >= 4 is 0 Å². The zero-order valence-electron chi connectivity index (χ0n) is 20.2. The van der Waals surface area contributed by atoms with E-state index in [1.807, 2.05) is 0 Å². The third kappa shape index (κ3) is 16.9. The summed E-state index contributed by atoms with van der Waals surface area (Å²) in [7, 11) is 0. The highest BCUT2D eigenvalue weighted by Crippen LogP contribution is 2.15. The molecule has 0 spiro atoms. The van der Waals surface area contributed by atoms with E-state index >= 15 is 0 Å². The Kier molecular flexibility index (Phi) is 19.4. The summed E-state index contributed by atoms with van der Waals surface area (Å²) < 4.78 is 0. The van der Waals surface area contributed by atoms with Crippen LogP contribution in [0.5, 0.6) is 0 Å². The Hall–Kier alpha value is -0.860. The van der Waals surface area contributed by atoms with E-state index in [1.54, 1.807) is 5.56 Å². The van der Waals surface area contributed by atoms with Gasteiger partial charge in [0.15, 0.2) is 0 Å². The summed E-state index contributed by atoms with van der Waals surface area (Å²) in [5, 5.41) is 3.47. The van der Waals surface area contributed by atoms with Crippen LogP contribution in [0.3, 0.4) is 0 Å². The minimum absolute atomic E-state index is 0.808. The molecule has 1 aromatic rings. The summed E-state index contributed by atoms with van der Waals surface area (Å²) in [4.78, 5) is 0. The van der Waals surface area contributed by atoms with Gasteiger partial charge in [-0.1, -0.05) is 114 Å². The zero-order chi connectivity index (χ0) is 21.5. The number of rotatable bonds is 22. The first-order valence-corrected chi connectivity index (χ1v) is 13.3. The van der Waals surface area contributed by atoms with E-state index in [1.165, 1.54) is 121 Å². The smallest absolute Gasteiger partial charge is 0.00369 e. The number of benzene rings is 1. The van der Waals surface area contributed by atoms with E-state index in [9.17, 15) is 0 Å². The second-order valence-corrected chi connectivity index (χ2v) is 9.23. The van der Waals surface area contributed by atoms with Gasteiger partial charge in [-0.15, -0.1) is 0 Å². The SMILES string of the molecule is Cc1ccccc1CCCCCCCCCCCCCCCCCCNCCCN. The van der Waals surface area contributed by atoms with E-state index in [0.29, 0.717) is 0 Å². The van der Waals surface area contributed by atoms with Gasteiger partial charge in [-0.25, -0.2) is 0 Å². The number of unbranched alkanes of at least 4 members (excludes halogenated alkanes) is 15. The molecular formula is C28H52N2. The van der Waals surface area contributed by atoms with Crippen molar-refractivity contribution in [2.24, 2.45) is 5.73 Å². The highest BCUT2D eigenvalue weighted by atomic mass is 14.8. The van der Waals surface area contributed by atoms with Crippen LogP contribution in [0.4, 0.5) is 0 Å². The lowest BCUT2D eigenvalue weighted by atomic mass is 10.0. The van der Waals surface area contributed by atoms with Crippen LogP contribution in [0, 0.1) is 6.92 Å². The lowest BCUT2D eigenvalue weighted by molar-refractivity contribution is 0.523. The Labute approximate surface area is 188 Å². The second kappa shape index (κ2) is 21.4. The summed E-state index contributed by atoms with van der Waals surface area (Å²) in [5.74, 6) is 0. The van der Waals surface area contributed by atoms with Gasteiger partial charge in [0.2, 0.25) is 0 Å². The summed E-state index contributed by atoms with van der Waals surface area (Å²) in [6, 6.07) is 8.85. The molecule has 0 heterocycles. The van der Waals surface area contributed by atoms with Crippen LogP contribution < -0.4 is 11.1 Å². The molecule has 174 valence electrons. The fraction of sp³-hybridized carbons (Fsp3) is 0.786. The molecule has 0 radical (unpaired) electrons. The molecule has 0 aliphatic rings. The molecule has 0 aliphatic heterocycles. The van der Waals surface area contributed by atoms with Crippen LogP contribution in [-0.4, -0.2) is 19.6 Å². The predicted molar refractivity (Wildman–Crippen MR) is 135 cm³/mol. The summed E-state index contributed by atoms with van der Waals surface area (Å²) in [6.07, 6.45) is 25.2. The Morgan fingerprint density at radius 3 is 1.50 bits per heavy atom. The molecule has 2 heteroatoms. The highest BCUT2D eigenvalue weighted by Gasteiger charge is 1.98. The first kappa shape index (κ1) is 27.2. The van der Waals surface area contributed by atoms with E-state index in [0.717, 1.165) is 19.5 Å². The van der Waals surface area contributed by atoms with Crippen LogP contribution in [0.1, 0.15) is 120 Å². The van der Waals surface area contributed by atoms with Gasteiger partial charge < -0.3 is 11.1 Å². The number of hydrogen-bond donors (Lipinski definition) is 2.